The number of benzene rings is 2. The lowest BCUT2D eigenvalue weighted by Gasteiger charge is -2.49. The van der Waals surface area contributed by atoms with Gasteiger partial charge in [0.1, 0.15) is 17.3 Å². The third kappa shape index (κ3) is 4.47. The largest absolute Gasteiger partial charge is 0.490 e. The maximum absolute atomic E-state index is 12.5. The van der Waals surface area contributed by atoms with Crippen LogP contribution in [0, 0.1) is 0 Å². The molecule has 1 aliphatic heterocycles. The first-order valence-corrected chi connectivity index (χ1v) is 11.9. The third-order valence-electron chi connectivity index (χ3n) is 5.45. The fourth-order valence-electron chi connectivity index (χ4n) is 4.85. The maximum Gasteiger partial charge on any atom is 0.138 e. The second-order valence-electron chi connectivity index (χ2n) is 9.45. The molecule has 160 valence electrons. The molecule has 0 atom stereocenters. The zero-order chi connectivity index (χ0) is 22.1. The van der Waals surface area contributed by atoms with E-state index in [2.05, 4.69) is 58.5 Å². The third-order valence-corrected chi connectivity index (χ3v) is 9.05. The monoisotopic (exact) mass is 424 g/mol. The molecule has 4 heteroatoms. The van der Waals surface area contributed by atoms with Crippen LogP contribution in [0.15, 0.2) is 55.3 Å². The molecule has 0 radical (unpaired) electrons. The highest BCUT2D eigenvalue weighted by atomic mass is 31.1. The topological polar surface area (TPSA) is 35.5 Å². The molecule has 0 amide bonds. The number of carbonyl (C=O) groups is 1. The minimum atomic E-state index is -0.637. The van der Waals surface area contributed by atoms with E-state index in [-0.39, 0.29) is 16.4 Å². The molecule has 1 saturated heterocycles. The number of hydrogen-bond acceptors (Lipinski definition) is 3. The van der Waals surface area contributed by atoms with Crippen molar-refractivity contribution in [2.45, 2.75) is 70.8 Å². The highest BCUT2D eigenvalue weighted by Crippen LogP contribution is 2.65. The van der Waals surface area contributed by atoms with Crippen LogP contribution >= 0.6 is 7.92 Å². The van der Waals surface area contributed by atoms with Gasteiger partial charge in [-0.3, -0.25) is 4.79 Å². The Hall–Kier alpha value is -2.12. The summed E-state index contributed by atoms with van der Waals surface area (Å²) < 4.78 is 12.0. The molecule has 1 aliphatic rings. The van der Waals surface area contributed by atoms with Crippen LogP contribution < -0.4 is 14.8 Å². The van der Waals surface area contributed by atoms with E-state index in [9.17, 15) is 4.79 Å². The van der Waals surface area contributed by atoms with E-state index >= 15 is 0 Å². The fourth-order valence-corrected chi connectivity index (χ4v) is 9.13. The molecular weight excluding hydrogens is 391 g/mol. The van der Waals surface area contributed by atoms with Gasteiger partial charge in [0.15, 0.2) is 0 Å². The molecule has 2 aromatic rings. The van der Waals surface area contributed by atoms with Crippen molar-refractivity contribution in [2.75, 3.05) is 0 Å². The highest BCUT2D eigenvalue weighted by Gasteiger charge is 2.48. The summed E-state index contributed by atoms with van der Waals surface area (Å²) in [6, 6.07) is 14.4. The smallest absolute Gasteiger partial charge is 0.138 e. The van der Waals surface area contributed by atoms with Crippen LogP contribution in [0.5, 0.6) is 11.5 Å². The zero-order valence-electron chi connectivity index (χ0n) is 19.0. The van der Waals surface area contributed by atoms with Crippen LogP contribution in [-0.2, 0) is 4.79 Å². The summed E-state index contributed by atoms with van der Waals surface area (Å²) in [4.78, 5) is 12.5. The van der Waals surface area contributed by atoms with Crippen LogP contribution in [0.25, 0.3) is 11.1 Å². The van der Waals surface area contributed by atoms with Crippen molar-refractivity contribution in [2.24, 2.45) is 0 Å². The maximum atomic E-state index is 12.5. The van der Waals surface area contributed by atoms with Gasteiger partial charge in [0.2, 0.25) is 0 Å². The van der Waals surface area contributed by atoms with Crippen molar-refractivity contribution in [1.29, 1.82) is 0 Å². The summed E-state index contributed by atoms with van der Waals surface area (Å²) in [6.45, 7) is 16.8. The fraction of sp³-hybridized carbons (Fsp3) is 0.423. The van der Waals surface area contributed by atoms with Gasteiger partial charge in [-0.2, -0.15) is 0 Å². The van der Waals surface area contributed by atoms with Crippen LogP contribution in [0.2, 0.25) is 0 Å². The number of ketones is 1. The molecule has 1 fully saturated rings. The van der Waals surface area contributed by atoms with Crippen LogP contribution in [0.3, 0.4) is 0 Å². The van der Waals surface area contributed by atoms with E-state index in [1.807, 2.05) is 32.0 Å². The van der Waals surface area contributed by atoms with Crippen LogP contribution in [0.1, 0.15) is 54.4 Å². The molecule has 0 N–H and O–H groups in total. The summed E-state index contributed by atoms with van der Waals surface area (Å²) in [5.74, 6) is 1.89. The lowest BCUT2D eigenvalue weighted by atomic mass is 9.96. The van der Waals surface area contributed by atoms with Crippen molar-refractivity contribution in [3.63, 3.8) is 0 Å². The van der Waals surface area contributed by atoms with Gasteiger partial charge in [0, 0.05) is 12.8 Å². The van der Waals surface area contributed by atoms with E-state index < -0.39 is 7.92 Å². The van der Waals surface area contributed by atoms with Gasteiger partial charge in [-0.1, -0.05) is 72.5 Å². The van der Waals surface area contributed by atoms with Gasteiger partial charge >= 0.3 is 0 Å². The Morgan fingerprint density at radius 2 is 1.57 bits per heavy atom. The average Bonchev–Trinajstić information content (AvgIpc) is 2.60. The molecule has 0 unspecified atom stereocenters. The van der Waals surface area contributed by atoms with Gasteiger partial charge in [-0.15, -0.1) is 0 Å². The van der Waals surface area contributed by atoms with Gasteiger partial charge in [0.05, 0.1) is 17.9 Å². The van der Waals surface area contributed by atoms with Crippen molar-refractivity contribution in [3.05, 3.63) is 55.3 Å². The number of carbonyl (C=O) groups excluding carboxylic acids is 1. The van der Waals surface area contributed by atoms with Crippen LogP contribution in [0.4, 0.5) is 0 Å². The molecular formula is C26H33O3P. The number of Topliss-reactive ketones (excluding diaryl/α,β-unsaturated/α-hetero) is 1. The second kappa shape index (κ2) is 8.55. The predicted octanol–water partition coefficient (Wildman–Crippen LogP) is 6.69. The summed E-state index contributed by atoms with van der Waals surface area (Å²) in [5, 5.41) is 1.12. The molecule has 0 saturated carbocycles. The predicted molar refractivity (Wildman–Crippen MR) is 127 cm³/mol. The first-order valence-electron chi connectivity index (χ1n) is 10.6. The van der Waals surface area contributed by atoms with Crippen molar-refractivity contribution in [3.8, 4) is 22.6 Å². The van der Waals surface area contributed by atoms with E-state index in [0.717, 1.165) is 22.6 Å². The molecule has 0 spiro atoms. The molecule has 0 aromatic heterocycles. The van der Waals surface area contributed by atoms with Crippen molar-refractivity contribution < 1.29 is 14.3 Å². The Bertz CT molecular complexity index is 923. The quantitative estimate of drug-likeness (QED) is 0.383. The minimum absolute atomic E-state index is 0.0424. The second-order valence-corrected chi connectivity index (χ2v) is 13.0. The normalized spacial score (nSPS) is 18.3. The van der Waals surface area contributed by atoms with E-state index in [4.69, 9.17) is 9.47 Å². The highest BCUT2D eigenvalue weighted by molar-refractivity contribution is 7.69. The molecule has 3 rings (SSSR count). The van der Waals surface area contributed by atoms with Crippen molar-refractivity contribution in [1.82, 2.24) is 0 Å². The SMILES string of the molecule is C=COc1cccc(OC(C)C)c1-c1ccccc1P1C(C)(C)CC(=O)CC1(C)C. The Labute approximate surface area is 182 Å². The Morgan fingerprint density at radius 3 is 2.17 bits per heavy atom. The Morgan fingerprint density at radius 1 is 0.967 bits per heavy atom. The summed E-state index contributed by atoms with van der Waals surface area (Å²) in [5.41, 5.74) is 2.07. The van der Waals surface area contributed by atoms with Gasteiger partial charge in [-0.25, -0.2) is 0 Å². The summed E-state index contributed by atoms with van der Waals surface area (Å²) in [6.07, 6.45) is 2.74. The van der Waals surface area contributed by atoms with Gasteiger partial charge in [0.25, 0.3) is 0 Å². The number of rotatable bonds is 6. The van der Waals surface area contributed by atoms with E-state index in [1.54, 1.807) is 0 Å². The summed E-state index contributed by atoms with van der Waals surface area (Å²) in [7, 11) is -0.637. The van der Waals surface area contributed by atoms with E-state index in [1.165, 1.54) is 11.6 Å². The molecule has 3 nitrogen and oxygen atoms in total. The van der Waals surface area contributed by atoms with Crippen LogP contribution in [-0.4, -0.2) is 22.2 Å². The average molecular weight is 425 g/mol. The number of ether oxygens (including phenoxy) is 2. The molecule has 1 heterocycles. The Balaban J connectivity index is 2.27. The standard InChI is InChI=1S/C26H33O3P/c1-8-28-21-13-11-14-22(29-18(2)3)24(21)20-12-9-10-15-23(20)30-25(4,5)16-19(27)17-26(30,6)7/h8-15,18H,1,16-17H2,2-7H3. The molecule has 30 heavy (non-hydrogen) atoms. The summed E-state index contributed by atoms with van der Waals surface area (Å²) >= 11 is 0. The van der Waals surface area contributed by atoms with Crippen molar-refractivity contribution >= 4 is 19.0 Å². The molecule has 0 bridgehead atoms. The minimum Gasteiger partial charge on any atom is -0.490 e. The number of hydrogen-bond donors (Lipinski definition) is 0. The van der Waals surface area contributed by atoms with Gasteiger partial charge < -0.3 is 9.47 Å². The van der Waals surface area contributed by atoms with E-state index in [0.29, 0.717) is 18.6 Å². The molecule has 0 aliphatic carbocycles. The van der Waals surface area contributed by atoms with Gasteiger partial charge in [-0.05, 0) is 47.2 Å². The zero-order valence-corrected chi connectivity index (χ0v) is 19.9. The Kier molecular flexibility index (Phi) is 6.43. The molecule has 2 aromatic carbocycles. The lowest BCUT2D eigenvalue weighted by Crippen LogP contribution is -2.43. The first kappa shape index (κ1) is 22.6. The first-order chi connectivity index (χ1) is 14.1. The lowest BCUT2D eigenvalue weighted by molar-refractivity contribution is -0.120.